The topological polar surface area (TPSA) is 58.1 Å². The third-order valence-electron chi connectivity index (χ3n) is 6.26. The third kappa shape index (κ3) is 4.01. The highest BCUT2D eigenvalue weighted by atomic mass is 79.9. The molecule has 1 aliphatic carbocycles. The molecule has 1 aromatic carbocycles. The molecule has 2 atom stereocenters. The summed E-state index contributed by atoms with van der Waals surface area (Å²) in [7, 11) is -1.10. The maximum absolute atomic E-state index is 13.0. The first-order valence-electron chi connectivity index (χ1n) is 10.2. The van der Waals surface area contributed by atoms with Gasteiger partial charge in [0, 0.05) is 13.1 Å². The standard InChI is InChI=1S/C22H29BrN4OS/c1-15-20(23)24-14-18(25-15)27-11-9-22(10-12-27)13-16-7-5-6-8-17(16)19(22)26-29(28)21(2,3)4/h5-8,14,19,26H,9-13H2,1-4H3/t19-,29?/m1/s1. The fraction of sp³-hybridized carbons (Fsp3) is 0.545. The van der Waals surface area contributed by atoms with Crippen LogP contribution in [0.5, 0.6) is 0 Å². The Morgan fingerprint density at radius 3 is 2.59 bits per heavy atom. The normalized spacial score (nSPS) is 22.0. The lowest BCUT2D eigenvalue weighted by atomic mass is 9.73. The van der Waals surface area contributed by atoms with Crippen molar-refractivity contribution in [3.8, 4) is 0 Å². The van der Waals surface area contributed by atoms with Gasteiger partial charge in [-0.25, -0.2) is 18.9 Å². The van der Waals surface area contributed by atoms with Gasteiger partial charge in [-0.05, 0) is 79.4 Å². The van der Waals surface area contributed by atoms with Crippen molar-refractivity contribution >= 4 is 32.7 Å². The highest BCUT2D eigenvalue weighted by molar-refractivity contribution is 9.10. The number of rotatable bonds is 3. The average molecular weight is 477 g/mol. The lowest BCUT2D eigenvalue weighted by Crippen LogP contribution is -2.48. The molecule has 1 saturated heterocycles. The van der Waals surface area contributed by atoms with Gasteiger partial charge in [-0.2, -0.15) is 0 Å². The number of benzene rings is 1. The molecule has 1 aliphatic heterocycles. The molecular weight excluding hydrogens is 448 g/mol. The number of aryl methyl sites for hydroxylation is 1. The van der Waals surface area contributed by atoms with Gasteiger partial charge in [-0.1, -0.05) is 24.3 Å². The number of halogens is 1. The van der Waals surface area contributed by atoms with Crippen LogP contribution in [0.15, 0.2) is 35.1 Å². The molecule has 1 fully saturated rings. The monoisotopic (exact) mass is 476 g/mol. The minimum absolute atomic E-state index is 0.0962. The van der Waals surface area contributed by atoms with Crippen molar-refractivity contribution in [2.45, 2.75) is 57.7 Å². The Kier molecular flexibility index (Phi) is 5.59. The Balaban J connectivity index is 1.58. The number of fused-ring (bicyclic) bond motifs is 1. The van der Waals surface area contributed by atoms with Gasteiger partial charge >= 0.3 is 0 Å². The zero-order valence-electron chi connectivity index (χ0n) is 17.5. The molecule has 1 N–H and O–H groups in total. The summed E-state index contributed by atoms with van der Waals surface area (Å²) in [5.41, 5.74) is 3.72. The van der Waals surface area contributed by atoms with Crippen molar-refractivity contribution in [2.24, 2.45) is 5.41 Å². The Morgan fingerprint density at radius 2 is 1.93 bits per heavy atom. The fourth-order valence-electron chi connectivity index (χ4n) is 4.51. The van der Waals surface area contributed by atoms with E-state index in [1.807, 2.05) is 33.9 Å². The van der Waals surface area contributed by atoms with E-state index in [4.69, 9.17) is 4.98 Å². The second-order valence-corrected chi connectivity index (χ2v) is 12.0. The molecule has 1 spiro atoms. The van der Waals surface area contributed by atoms with E-state index in [9.17, 15) is 4.21 Å². The molecule has 4 rings (SSSR count). The van der Waals surface area contributed by atoms with E-state index in [-0.39, 0.29) is 16.2 Å². The van der Waals surface area contributed by atoms with Gasteiger partial charge < -0.3 is 4.90 Å². The van der Waals surface area contributed by atoms with Gasteiger partial charge in [-0.15, -0.1) is 0 Å². The SMILES string of the molecule is Cc1nc(N2CCC3(CC2)Cc2ccccc2[C@H]3NS(=O)C(C)(C)C)cnc1Br. The minimum Gasteiger partial charge on any atom is -0.355 e. The molecule has 7 heteroatoms. The van der Waals surface area contributed by atoms with Crippen LogP contribution in [0, 0.1) is 12.3 Å². The Morgan fingerprint density at radius 1 is 1.24 bits per heavy atom. The zero-order valence-corrected chi connectivity index (χ0v) is 19.9. The smallest absolute Gasteiger partial charge is 0.147 e. The average Bonchev–Trinajstić information content (AvgIpc) is 2.97. The Hall–Kier alpha value is -1.31. The number of nitrogens with one attached hydrogen (secondary N) is 1. The maximum Gasteiger partial charge on any atom is 0.147 e. The Bertz CT molecular complexity index is 935. The summed E-state index contributed by atoms with van der Waals surface area (Å²) in [6.07, 6.45) is 4.97. The molecule has 2 aromatic rings. The quantitative estimate of drug-likeness (QED) is 0.708. The summed E-state index contributed by atoms with van der Waals surface area (Å²) in [6, 6.07) is 8.78. The summed E-state index contributed by atoms with van der Waals surface area (Å²) in [5.74, 6) is 0.943. The number of piperidine rings is 1. The van der Waals surface area contributed by atoms with Crippen LogP contribution < -0.4 is 9.62 Å². The molecule has 1 unspecified atom stereocenters. The van der Waals surface area contributed by atoms with E-state index in [0.29, 0.717) is 0 Å². The molecule has 29 heavy (non-hydrogen) atoms. The molecule has 0 amide bonds. The molecular formula is C22H29BrN4OS. The van der Waals surface area contributed by atoms with Crippen LogP contribution in [-0.4, -0.2) is 32.0 Å². The molecule has 0 saturated carbocycles. The third-order valence-corrected chi connectivity index (χ3v) is 8.60. The Labute approximate surface area is 184 Å². The van der Waals surface area contributed by atoms with Gasteiger partial charge in [0.15, 0.2) is 0 Å². The lowest BCUT2D eigenvalue weighted by Gasteiger charge is -2.44. The van der Waals surface area contributed by atoms with E-state index in [1.165, 1.54) is 11.1 Å². The predicted molar refractivity (Wildman–Crippen MR) is 122 cm³/mol. The summed E-state index contributed by atoms with van der Waals surface area (Å²) in [6.45, 7) is 9.93. The van der Waals surface area contributed by atoms with Crippen molar-refractivity contribution in [2.75, 3.05) is 18.0 Å². The summed E-state index contributed by atoms with van der Waals surface area (Å²) in [5, 5.41) is 0. The summed E-state index contributed by atoms with van der Waals surface area (Å²) >= 11 is 3.44. The van der Waals surface area contributed by atoms with Crippen LogP contribution >= 0.6 is 15.9 Å². The fourth-order valence-corrected chi connectivity index (χ4v) is 5.65. The van der Waals surface area contributed by atoms with E-state index >= 15 is 0 Å². The van der Waals surface area contributed by atoms with Gasteiger partial charge in [0.05, 0.1) is 33.7 Å². The van der Waals surface area contributed by atoms with Crippen LogP contribution in [0.3, 0.4) is 0 Å². The highest BCUT2D eigenvalue weighted by Crippen LogP contribution is 2.52. The van der Waals surface area contributed by atoms with Gasteiger partial charge in [-0.3, -0.25) is 0 Å². The molecule has 0 radical (unpaired) electrons. The molecule has 156 valence electrons. The largest absolute Gasteiger partial charge is 0.355 e. The number of nitrogens with zero attached hydrogens (tertiary/aromatic N) is 3. The molecule has 5 nitrogen and oxygen atoms in total. The summed E-state index contributed by atoms with van der Waals surface area (Å²) in [4.78, 5) is 11.5. The maximum atomic E-state index is 13.0. The predicted octanol–water partition coefficient (Wildman–Crippen LogP) is 4.48. The molecule has 0 bridgehead atoms. The number of anilines is 1. The van der Waals surface area contributed by atoms with Gasteiger partial charge in [0.1, 0.15) is 10.4 Å². The molecule has 2 heterocycles. The zero-order chi connectivity index (χ0) is 20.8. The van der Waals surface area contributed by atoms with E-state index in [2.05, 4.69) is 54.8 Å². The number of aromatic nitrogens is 2. The lowest BCUT2D eigenvalue weighted by molar-refractivity contribution is 0.177. The van der Waals surface area contributed by atoms with Crippen LogP contribution in [-0.2, 0) is 17.4 Å². The van der Waals surface area contributed by atoms with Gasteiger partial charge in [0.2, 0.25) is 0 Å². The molecule has 1 aromatic heterocycles. The van der Waals surface area contributed by atoms with E-state index in [0.717, 1.165) is 48.5 Å². The van der Waals surface area contributed by atoms with Crippen LogP contribution in [0.1, 0.15) is 56.5 Å². The highest BCUT2D eigenvalue weighted by Gasteiger charge is 2.48. The van der Waals surface area contributed by atoms with Crippen molar-refractivity contribution in [3.63, 3.8) is 0 Å². The second kappa shape index (κ2) is 7.75. The number of hydrogen-bond acceptors (Lipinski definition) is 4. The minimum atomic E-state index is -1.10. The molecule has 2 aliphatic rings. The van der Waals surface area contributed by atoms with Crippen LogP contribution in [0.2, 0.25) is 0 Å². The van der Waals surface area contributed by atoms with Crippen LogP contribution in [0.25, 0.3) is 0 Å². The first kappa shape index (κ1) is 20.9. The second-order valence-electron chi connectivity index (χ2n) is 9.26. The van der Waals surface area contributed by atoms with Crippen molar-refractivity contribution in [1.82, 2.24) is 14.7 Å². The van der Waals surface area contributed by atoms with Crippen molar-refractivity contribution < 1.29 is 4.21 Å². The van der Waals surface area contributed by atoms with Crippen molar-refractivity contribution in [1.29, 1.82) is 0 Å². The summed E-state index contributed by atoms with van der Waals surface area (Å²) < 4.78 is 17.0. The number of hydrogen-bond donors (Lipinski definition) is 1. The van der Waals surface area contributed by atoms with Crippen molar-refractivity contribution in [3.05, 3.63) is 51.9 Å². The first-order valence-corrected chi connectivity index (χ1v) is 12.1. The van der Waals surface area contributed by atoms with Crippen LogP contribution in [0.4, 0.5) is 5.82 Å². The van der Waals surface area contributed by atoms with Gasteiger partial charge in [0.25, 0.3) is 0 Å². The first-order chi connectivity index (χ1) is 13.7. The van der Waals surface area contributed by atoms with E-state index in [1.54, 1.807) is 0 Å². The van der Waals surface area contributed by atoms with E-state index < -0.39 is 11.0 Å².